The third-order valence-corrected chi connectivity index (χ3v) is 5.21. The summed E-state index contributed by atoms with van der Waals surface area (Å²) in [5.41, 5.74) is 1.25. The number of hydrogen-bond donors (Lipinski definition) is 1. The minimum absolute atomic E-state index is 0.0325. The average molecular weight is 430 g/mol. The molecule has 152 valence electrons. The van der Waals surface area contributed by atoms with E-state index in [9.17, 15) is 14.7 Å². The molecule has 1 atom stereocenters. The van der Waals surface area contributed by atoms with Crippen molar-refractivity contribution in [1.82, 2.24) is 4.90 Å². The lowest BCUT2D eigenvalue weighted by molar-refractivity contribution is -0.137. The van der Waals surface area contributed by atoms with Crippen LogP contribution in [0.1, 0.15) is 26.3 Å². The van der Waals surface area contributed by atoms with Crippen LogP contribution in [0.5, 0.6) is 0 Å². The van der Waals surface area contributed by atoms with Gasteiger partial charge in [-0.25, -0.2) is 9.59 Å². The van der Waals surface area contributed by atoms with Crippen molar-refractivity contribution in [3.8, 4) is 0 Å². The second-order valence-electron chi connectivity index (χ2n) is 5.93. The van der Waals surface area contributed by atoms with Gasteiger partial charge < -0.3 is 24.2 Å². The molecule has 0 spiro atoms. The molecule has 7 nitrogen and oxygen atoms in total. The van der Waals surface area contributed by atoms with Crippen LogP contribution in [0.3, 0.4) is 0 Å². The van der Waals surface area contributed by atoms with Crippen LogP contribution in [-0.4, -0.2) is 48.6 Å². The van der Waals surface area contributed by atoms with Crippen LogP contribution in [0.2, 0.25) is 10.0 Å². The molecule has 0 amide bonds. The van der Waals surface area contributed by atoms with Crippen LogP contribution in [0.4, 0.5) is 4.79 Å². The van der Waals surface area contributed by atoms with Gasteiger partial charge in [-0.15, -0.1) is 0 Å². The molecule has 0 radical (unpaired) electrons. The summed E-state index contributed by atoms with van der Waals surface area (Å²) in [4.78, 5) is 25.8. The molecule has 0 aromatic heterocycles. The monoisotopic (exact) mass is 429 g/mol. The molecule has 28 heavy (non-hydrogen) atoms. The maximum Gasteiger partial charge on any atom is 0.511 e. The van der Waals surface area contributed by atoms with Crippen molar-refractivity contribution < 1.29 is 28.9 Å². The zero-order chi connectivity index (χ0) is 21.0. The lowest BCUT2D eigenvalue weighted by atomic mass is 9.89. The number of rotatable bonds is 6. The Labute approximate surface area is 173 Å². The van der Waals surface area contributed by atoms with E-state index >= 15 is 0 Å². The van der Waals surface area contributed by atoms with Crippen LogP contribution in [0, 0.1) is 0 Å². The van der Waals surface area contributed by atoms with Crippen LogP contribution in [0.15, 0.2) is 35.2 Å². The molecule has 1 N–H and O–H groups in total. The van der Waals surface area contributed by atoms with Crippen molar-refractivity contribution in [2.24, 2.45) is 0 Å². The van der Waals surface area contributed by atoms with Gasteiger partial charge in [-0.1, -0.05) is 35.3 Å². The van der Waals surface area contributed by atoms with Gasteiger partial charge in [0.2, 0.25) is 0 Å². The normalized spacial score (nSPS) is 17.1. The summed E-state index contributed by atoms with van der Waals surface area (Å²) >= 11 is 12.5. The van der Waals surface area contributed by atoms with Gasteiger partial charge in [0.25, 0.3) is 0 Å². The molecule has 2 rings (SSSR count). The zero-order valence-electron chi connectivity index (χ0n) is 15.9. The molecular formula is C19H21Cl2NO6. The van der Waals surface area contributed by atoms with Crippen molar-refractivity contribution in [3.05, 3.63) is 50.8 Å². The Kier molecular flexibility index (Phi) is 7.35. The number of nitrogens with zero attached hydrogens (tertiary/aromatic N) is 1. The van der Waals surface area contributed by atoms with Crippen molar-refractivity contribution in [2.45, 2.75) is 26.8 Å². The number of halogens is 2. The first-order valence-electron chi connectivity index (χ1n) is 8.47. The summed E-state index contributed by atoms with van der Waals surface area (Å²) in [6.45, 7) is 5.87. The minimum atomic E-state index is -1.53. The standard InChI is InChI=1S/C19H21Cl2NO6/c1-5-27-9-22-10(2)14(18(23)26-4)15(17(11(22)3)28-19(24)25)12-7-6-8-13(20)16(12)21/h6-8,10H,5,9H2,1-4H3,(H,24,25). The lowest BCUT2D eigenvalue weighted by Crippen LogP contribution is -2.41. The summed E-state index contributed by atoms with van der Waals surface area (Å²) in [6, 6.07) is 4.38. The second kappa shape index (κ2) is 9.32. The van der Waals surface area contributed by atoms with Crippen LogP contribution >= 0.6 is 23.2 Å². The van der Waals surface area contributed by atoms with Gasteiger partial charge in [0.1, 0.15) is 6.73 Å². The summed E-state index contributed by atoms with van der Waals surface area (Å²) in [6.07, 6.45) is -1.53. The van der Waals surface area contributed by atoms with E-state index < -0.39 is 18.2 Å². The fourth-order valence-electron chi connectivity index (χ4n) is 3.05. The summed E-state index contributed by atoms with van der Waals surface area (Å²) in [7, 11) is 1.25. The molecule has 1 aromatic rings. The van der Waals surface area contributed by atoms with Crippen molar-refractivity contribution in [3.63, 3.8) is 0 Å². The number of ether oxygens (including phenoxy) is 3. The first kappa shape index (κ1) is 22.1. The Balaban J connectivity index is 2.83. The van der Waals surface area contributed by atoms with Gasteiger partial charge in [0, 0.05) is 17.7 Å². The molecule has 0 saturated carbocycles. The average Bonchev–Trinajstić information content (AvgIpc) is 2.65. The third kappa shape index (κ3) is 4.27. The number of carbonyl (C=O) groups excluding carboxylic acids is 1. The van der Waals surface area contributed by atoms with Gasteiger partial charge in [-0.05, 0) is 26.8 Å². The molecule has 1 aromatic carbocycles. The van der Waals surface area contributed by atoms with E-state index in [1.165, 1.54) is 7.11 Å². The highest BCUT2D eigenvalue weighted by atomic mass is 35.5. The maximum atomic E-state index is 12.7. The fraction of sp³-hybridized carbons (Fsp3) is 0.368. The molecule has 0 saturated heterocycles. The molecule has 1 unspecified atom stereocenters. The van der Waals surface area contributed by atoms with Crippen molar-refractivity contribution >= 4 is 40.9 Å². The Hall–Kier alpha value is -2.22. The van der Waals surface area contributed by atoms with E-state index in [1.807, 2.05) is 6.92 Å². The Morgan fingerprint density at radius 2 is 1.96 bits per heavy atom. The van der Waals surface area contributed by atoms with Gasteiger partial charge in [-0.3, -0.25) is 0 Å². The van der Waals surface area contributed by atoms with Gasteiger partial charge >= 0.3 is 12.1 Å². The molecule has 1 heterocycles. The molecule has 0 aliphatic carbocycles. The second-order valence-corrected chi connectivity index (χ2v) is 6.72. The van der Waals surface area contributed by atoms with Crippen LogP contribution in [0.25, 0.3) is 5.57 Å². The van der Waals surface area contributed by atoms with E-state index in [1.54, 1.807) is 36.9 Å². The molecule has 1 aliphatic rings. The lowest BCUT2D eigenvalue weighted by Gasteiger charge is -2.38. The molecule has 1 aliphatic heterocycles. The number of carbonyl (C=O) groups is 2. The number of benzene rings is 1. The van der Waals surface area contributed by atoms with Gasteiger partial charge in [-0.2, -0.15) is 0 Å². The van der Waals surface area contributed by atoms with E-state index in [0.717, 1.165) is 0 Å². The number of carboxylic acid groups (broad SMARTS) is 1. The van der Waals surface area contributed by atoms with Crippen molar-refractivity contribution in [2.75, 3.05) is 20.4 Å². The third-order valence-electron chi connectivity index (χ3n) is 4.39. The highest BCUT2D eigenvalue weighted by Gasteiger charge is 2.38. The predicted octanol–water partition coefficient (Wildman–Crippen LogP) is 4.54. The Bertz CT molecular complexity index is 849. The number of methoxy groups -OCH3 is 1. The Morgan fingerprint density at radius 1 is 1.29 bits per heavy atom. The summed E-state index contributed by atoms with van der Waals surface area (Å²) in [5, 5.41) is 9.71. The molecular weight excluding hydrogens is 409 g/mol. The quantitative estimate of drug-likeness (QED) is 0.663. The number of allylic oxidation sites excluding steroid dienone is 2. The van der Waals surface area contributed by atoms with Crippen LogP contribution < -0.4 is 0 Å². The predicted molar refractivity (Wildman–Crippen MR) is 105 cm³/mol. The SMILES string of the molecule is CCOCN1C(C)=C(OC(=O)O)C(c2cccc(Cl)c2Cl)=C(C(=O)OC)C1C. The van der Waals surface area contributed by atoms with Gasteiger partial charge in [0.05, 0.1) is 34.5 Å². The Morgan fingerprint density at radius 3 is 2.54 bits per heavy atom. The minimum Gasteiger partial charge on any atom is -0.466 e. The van der Waals surface area contributed by atoms with Gasteiger partial charge in [0.15, 0.2) is 5.76 Å². The first-order valence-corrected chi connectivity index (χ1v) is 9.23. The highest BCUT2D eigenvalue weighted by Crippen LogP contribution is 2.43. The first-order chi connectivity index (χ1) is 13.2. The molecule has 0 bridgehead atoms. The summed E-state index contributed by atoms with van der Waals surface area (Å²) in [5.74, 6) is -0.672. The molecule has 9 heteroatoms. The van der Waals surface area contributed by atoms with E-state index in [4.69, 9.17) is 37.4 Å². The van der Waals surface area contributed by atoms with E-state index in [2.05, 4.69) is 0 Å². The van der Waals surface area contributed by atoms with Crippen molar-refractivity contribution in [1.29, 1.82) is 0 Å². The summed E-state index contributed by atoms with van der Waals surface area (Å²) < 4.78 is 15.5. The zero-order valence-corrected chi connectivity index (χ0v) is 17.4. The number of esters is 1. The topological polar surface area (TPSA) is 85.3 Å². The van der Waals surface area contributed by atoms with E-state index in [-0.39, 0.29) is 33.7 Å². The molecule has 0 fully saturated rings. The number of hydrogen-bond acceptors (Lipinski definition) is 6. The van der Waals surface area contributed by atoms with Crippen LogP contribution in [-0.2, 0) is 19.0 Å². The van der Waals surface area contributed by atoms with E-state index in [0.29, 0.717) is 17.9 Å². The maximum absolute atomic E-state index is 12.7. The fourth-order valence-corrected chi connectivity index (χ4v) is 3.44. The largest absolute Gasteiger partial charge is 0.511 e. The smallest absolute Gasteiger partial charge is 0.466 e. The highest BCUT2D eigenvalue weighted by molar-refractivity contribution is 6.43.